The van der Waals surface area contributed by atoms with Crippen molar-refractivity contribution >= 4 is 19.7 Å². The molecule has 0 saturated carbocycles. The molecule has 0 fully saturated rings. The van der Waals surface area contributed by atoms with Crippen LogP contribution in [0.15, 0.2) is 41.7 Å². The fourth-order valence-corrected chi connectivity index (χ4v) is 2.54. The van der Waals surface area contributed by atoms with E-state index >= 15 is 0 Å². The lowest BCUT2D eigenvalue weighted by atomic mass is 10.3. The Balaban J connectivity index is 2.02. The zero-order valence-corrected chi connectivity index (χ0v) is 12.6. The highest BCUT2D eigenvalue weighted by molar-refractivity contribution is 8.13. The van der Waals surface area contributed by atoms with Gasteiger partial charge in [-0.2, -0.15) is 0 Å². The molecule has 0 unspecified atom stereocenters. The summed E-state index contributed by atoms with van der Waals surface area (Å²) in [5, 5.41) is 0. The average molecular weight is 315 g/mol. The van der Waals surface area contributed by atoms with Crippen LogP contribution in [0.25, 0.3) is 0 Å². The minimum Gasteiger partial charge on any atom is -0.487 e. The largest absolute Gasteiger partial charge is 0.487 e. The van der Waals surface area contributed by atoms with Gasteiger partial charge in [0.15, 0.2) is 0 Å². The first-order valence-corrected chi connectivity index (χ1v) is 8.48. The van der Waals surface area contributed by atoms with E-state index in [0.29, 0.717) is 12.4 Å². The second-order valence-corrected chi connectivity index (χ2v) is 6.84. The molecule has 7 heteroatoms. The second kappa shape index (κ2) is 6.28. The molecule has 0 amide bonds. The second-order valence-electron chi connectivity index (χ2n) is 4.28. The molecule has 0 aliphatic rings. The molecular weight excluding hydrogens is 300 g/mol. The number of imidazole rings is 1. The third-order valence-corrected chi connectivity index (χ3v) is 4.12. The third kappa shape index (κ3) is 3.74. The van der Waals surface area contributed by atoms with E-state index in [1.807, 2.05) is 4.57 Å². The number of halogens is 1. The predicted molar refractivity (Wildman–Crippen MR) is 76.3 cm³/mol. The van der Waals surface area contributed by atoms with Gasteiger partial charge < -0.3 is 9.30 Å². The van der Waals surface area contributed by atoms with Crippen LogP contribution < -0.4 is 4.74 Å². The summed E-state index contributed by atoms with van der Waals surface area (Å²) in [7, 11) is 1.56. The normalized spacial score (nSPS) is 11.5. The van der Waals surface area contributed by atoms with Gasteiger partial charge in [0.2, 0.25) is 0 Å². The monoisotopic (exact) mass is 314 g/mol. The molecule has 0 atom stereocenters. The van der Waals surface area contributed by atoms with E-state index in [1.165, 1.54) is 12.1 Å². The van der Waals surface area contributed by atoms with E-state index in [2.05, 4.69) is 11.9 Å². The van der Waals surface area contributed by atoms with Gasteiger partial charge in [0.25, 0.3) is 9.05 Å². The van der Waals surface area contributed by atoms with Crippen LogP contribution in [-0.2, 0) is 22.2 Å². The topological polar surface area (TPSA) is 61.2 Å². The molecule has 1 heterocycles. The summed E-state index contributed by atoms with van der Waals surface area (Å²) in [6.07, 6.45) is 4.55. The van der Waals surface area contributed by atoms with Crippen LogP contribution in [0, 0.1) is 0 Å². The molecule has 0 spiro atoms. The van der Waals surface area contributed by atoms with Crippen molar-refractivity contribution in [3.63, 3.8) is 0 Å². The minimum absolute atomic E-state index is 0.0579. The molecule has 1 aromatic carbocycles. The Kier molecular flexibility index (Phi) is 4.67. The Morgan fingerprint density at radius 2 is 2.00 bits per heavy atom. The Morgan fingerprint density at radius 1 is 1.30 bits per heavy atom. The van der Waals surface area contributed by atoms with Gasteiger partial charge in [-0.3, -0.25) is 0 Å². The SMILES string of the molecule is CCCn1cncc1COc1ccc(S(=O)(=O)Cl)cc1. The van der Waals surface area contributed by atoms with Crippen molar-refractivity contribution in [2.45, 2.75) is 31.4 Å². The summed E-state index contributed by atoms with van der Waals surface area (Å²) in [5.74, 6) is 0.582. The van der Waals surface area contributed by atoms with Crippen LogP contribution in [-0.4, -0.2) is 18.0 Å². The highest BCUT2D eigenvalue weighted by Gasteiger charge is 2.09. The van der Waals surface area contributed by atoms with Crippen LogP contribution in [0.2, 0.25) is 0 Å². The molecule has 0 bridgehead atoms. The molecule has 2 rings (SSSR count). The van der Waals surface area contributed by atoms with Crippen molar-refractivity contribution in [1.82, 2.24) is 9.55 Å². The Hall–Kier alpha value is -1.53. The molecule has 0 aliphatic carbocycles. The van der Waals surface area contributed by atoms with Crippen molar-refractivity contribution in [3.8, 4) is 5.75 Å². The van der Waals surface area contributed by atoms with Gasteiger partial charge in [-0.15, -0.1) is 0 Å². The van der Waals surface area contributed by atoms with Gasteiger partial charge >= 0.3 is 0 Å². The van der Waals surface area contributed by atoms with Crippen LogP contribution in [0.5, 0.6) is 5.75 Å². The summed E-state index contributed by atoms with van der Waals surface area (Å²) in [6, 6.07) is 5.99. The molecule has 0 N–H and O–H groups in total. The number of aromatic nitrogens is 2. The van der Waals surface area contributed by atoms with Gasteiger partial charge in [-0.25, -0.2) is 13.4 Å². The molecular formula is C13H15ClN2O3S. The Labute approximate surface area is 122 Å². The summed E-state index contributed by atoms with van der Waals surface area (Å²) in [5.41, 5.74) is 0.973. The smallest absolute Gasteiger partial charge is 0.261 e. The maximum Gasteiger partial charge on any atom is 0.261 e. The van der Waals surface area contributed by atoms with Gasteiger partial charge in [-0.1, -0.05) is 6.92 Å². The molecule has 20 heavy (non-hydrogen) atoms. The maximum absolute atomic E-state index is 11.1. The maximum atomic E-state index is 11.1. The Bertz CT molecular complexity index is 665. The number of hydrogen-bond acceptors (Lipinski definition) is 4. The molecule has 0 aliphatic heterocycles. The zero-order chi connectivity index (χ0) is 14.6. The van der Waals surface area contributed by atoms with E-state index < -0.39 is 9.05 Å². The van der Waals surface area contributed by atoms with E-state index in [1.54, 1.807) is 24.7 Å². The number of benzene rings is 1. The van der Waals surface area contributed by atoms with Crippen molar-refractivity contribution < 1.29 is 13.2 Å². The standard InChI is InChI=1S/C13H15ClN2O3S/c1-2-7-16-10-15-8-11(16)9-19-12-3-5-13(6-4-12)20(14,17)18/h3-6,8,10H,2,7,9H2,1H3. The highest BCUT2D eigenvalue weighted by atomic mass is 35.7. The van der Waals surface area contributed by atoms with Gasteiger partial charge in [0.05, 0.1) is 23.1 Å². The lowest BCUT2D eigenvalue weighted by Gasteiger charge is -2.09. The van der Waals surface area contributed by atoms with Crippen LogP contribution in [0.4, 0.5) is 0 Å². The number of hydrogen-bond donors (Lipinski definition) is 0. The van der Waals surface area contributed by atoms with E-state index in [9.17, 15) is 8.42 Å². The van der Waals surface area contributed by atoms with E-state index in [4.69, 9.17) is 15.4 Å². The predicted octanol–water partition coefficient (Wildman–Crippen LogP) is 2.80. The van der Waals surface area contributed by atoms with Gasteiger partial charge in [-0.05, 0) is 30.7 Å². The van der Waals surface area contributed by atoms with Gasteiger partial charge in [0, 0.05) is 17.2 Å². The van der Waals surface area contributed by atoms with Gasteiger partial charge in [0.1, 0.15) is 12.4 Å². The minimum atomic E-state index is -3.69. The van der Waals surface area contributed by atoms with Crippen molar-refractivity contribution in [3.05, 3.63) is 42.5 Å². The molecule has 1 aromatic heterocycles. The molecule has 108 valence electrons. The molecule has 0 radical (unpaired) electrons. The molecule has 5 nitrogen and oxygen atoms in total. The first kappa shape index (κ1) is 14.9. The van der Waals surface area contributed by atoms with Crippen molar-refractivity contribution in [2.75, 3.05) is 0 Å². The quantitative estimate of drug-likeness (QED) is 0.769. The average Bonchev–Trinajstić information content (AvgIpc) is 2.84. The Morgan fingerprint density at radius 3 is 2.60 bits per heavy atom. The van der Waals surface area contributed by atoms with Crippen LogP contribution in [0.1, 0.15) is 19.0 Å². The number of ether oxygens (including phenoxy) is 1. The summed E-state index contributed by atoms with van der Waals surface area (Å²) < 4.78 is 29.9. The third-order valence-electron chi connectivity index (χ3n) is 2.76. The van der Waals surface area contributed by atoms with Crippen molar-refractivity contribution in [2.24, 2.45) is 0 Å². The first-order valence-electron chi connectivity index (χ1n) is 6.17. The zero-order valence-electron chi connectivity index (χ0n) is 11.0. The van der Waals surface area contributed by atoms with E-state index in [-0.39, 0.29) is 4.90 Å². The lowest BCUT2D eigenvalue weighted by molar-refractivity contribution is 0.294. The van der Waals surface area contributed by atoms with Crippen LogP contribution in [0.3, 0.4) is 0 Å². The molecule has 0 saturated heterocycles. The lowest BCUT2D eigenvalue weighted by Crippen LogP contribution is -2.05. The van der Waals surface area contributed by atoms with E-state index in [0.717, 1.165) is 18.7 Å². The number of nitrogens with zero attached hydrogens (tertiary/aromatic N) is 2. The summed E-state index contributed by atoms with van der Waals surface area (Å²) in [6.45, 7) is 3.37. The number of aryl methyl sites for hydroxylation is 1. The fraction of sp³-hybridized carbons (Fsp3) is 0.308. The van der Waals surface area contributed by atoms with Crippen LogP contribution >= 0.6 is 10.7 Å². The summed E-state index contributed by atoms with van der Waals surface area (Å²) in [4.78, 5) is 4.14. The number of rotatable bonds is 6. The molecule has 2 aromatic rings. The highest BCUT2D eigenvalue weighted by Crippen LogP contribution is 2.19. The van der Waals surface area contributed by atoms with Crippen molar-refractivity contribution in [1.29, 1.82) is 0 Å². The summed E-state index contributed by atoms with van der Waals surface area (Å²) >= 11 is 0. The fourth-order valence-electron chi connectivity index (χ4n) is 1.77. The first-order chi connectivity index (χ1) is 9.50.